The largest absolute Gasteiger partial charge is 0.497 e. The fourth-order valence-corrected chi connectivity index (χ4v) is 1.32. The van der Waals surface area contributed by atoms with Crippen molar-refractivity contribution in [3.05, 3.63) is 24.3 Å². The lowest BCUT2D eigenvalue weighted by Crippen LogP contribution is -1.98. The van der Waals surface area contributed by atoms with Crippen LogP contribution in [0.4, 0.5) is 13.2 Å². The normalized spacial score (nSPS) is 11.4. The first kappa shape index (κ1) is 10.2. The molecule has 0 aromatic heterocycles. The summed E-state index contributed by atoms with van der Waals surface area (Å²) in [7, 11) is 1.46. The van der Waals surface area contributed by atoms with Crippen LogP contribution in [0.1, 0.15) is 0 Å². The molecule has 1 rings (SSSR count). The zero-order valence-corrected chi connectivity index (χ0v) is 7.58. The molecule has 0 unspecified atom stereocenters. The summed E-state index contributed by atoms with van der Waals surface area (Å²) < 4.78 is 40.4. The molecule has 0 fully saturated rings. The Bertz CT molecular complexity index is 268. The zero-order valence-electron chi connectivity index (χ0n) is 6.76. The highest BCUT2D eigenvalue weighted by Gasteiger charge is 2.28. The summed E-state index contributed by atoms with van der Waals surface area (Å²) in [5, 5.41) is 0. The number of hydrogen-bond acceptors (Lipinski definition) is 2. The standard InChI is InChI=1S/C8H7F3OS/c1-12-6-2-4-7(5-3-6)13-8(9,10)11/h2-5H,1H3/i9-1. The van der Waals surface area contributed by atoms with Crippen LogP contribution in [0.3, 0.4) is 0 Å². The Kier molecular flexibility index (Phi) is 3.08. The molecule has 1 nitrogen and oxygen atoms in total. The van der Waals surface area contributed by atoms with Gasteiger partial charge >= 0.3 is 5.51 Å². The van der Waals surface area contributed by atoms with Gasteiger partial charge in [-0.3, -0.25) is 0 Å². The number of ether oxygens (including phenoxy) is 1. The summed E-state index contributed by atoms with van der Waals surface area (Å²) in [6, 6.07) is 5.73. The summed E-state index contributed by atoms with van der Waals surface area (Å²) in [4.78, 5) is 0.160. The first-order valence-corrected chi connectivity index (χ1v) is 4.23. The zero-order chi connectivity index (χ0) is 9.90. The highest BCUT2D eigenvalue weighted by atomic mass is 32.2. The molecule has 0 aliphatic heterocycles. The lowest BCUT2D eigenvalue weighted by atomic mass is 10.3. The molecule has 0 atom stereocenters. The topological polar surface area (TPSA) is 9.23 Å². The molecule has 0 amide bonds. The highest BCUT2D eigenvalue weighted by Crippen LogP contribution is 2.37. The minimum absolute atomic E-state index is 0.136. The van der Waals surface area contributed by atoms with Crippen molar-refractivity contribution in [2.24, 2.45) is 0 Å². The van der Waals surface area contributed by atoms with E-state index in [1.54, 1.807) is 0 Å². The van der Waals surface area contributed by atoms with Crippen LogP contribution in [0.25, 0.3) is 0 Å². The molecule has 0 bridgehead atoms. The van der Waals surface area contributed by atoms with Crippen LogP contribution >= 0.6 is 11.8 Å². The Hall–Kier alpha value is -0.840. The third-order valence-electron chi connectivity index (χ3n) is 1.29. The number of hydrogen-bond donors (Lipinski definition) is 0. The van der Waals surface area contributed by atoms with E-state index in [4.69, 9.17) is 4.74 Å². The van der Waals surface area contributed by atoms with Crippen LogP contribution in [0.5, 0.6) is 5.75 Å². The number of halogens is 3. The maximum Gasteiger partial charge on any atom is 0.446 e. The van der Waals surface area contributed by atoms with Crippen molar-refractivity contribution in [2.75, 3.05) is 7.11 Å². The Balaban J connectivity index is 2.70. The lowest BCUT2D eigenvalue weighted by molar-refractivity contribution is -0.0328. The van der Waals surface area contributed by atoms with Crippen LogP contribution in [0, 0.1) is 0 Å². The molecule has 5 heteroatoms. The first-order chi connectivity index (χ1) is 6.01. The second-order valence-corrected chi connectivity index (χ2v) is 3.36. The molecule has 0 saturated heterocycles. The van der Waals surface area contributed by atoms with Gasteiger partial charge in [0.25, 0.3) is 0 Å². The quantitative estimate of drug-likeness (QED) is 0.688. The van der Waals surface area contributed by atoms with Gasteiger partial charge in [-0.1, -0.05) is 0 Å². The van der Waals surface area contributed by atoms with Crippen molar-refractivity contribution in [1.82, 2.24) is 0 Å². The van der Waals surface area contributed by atoms with Crippen molar-refractivity contribution in [2.45, 2.75) is 10.4 Å². The number of methoxy groups -OCH3 is 1. The minimum atomic E-state index is -4.23. The Morgan fingerprint density at radius 3 is 2.08 bits per heavy atom. The predicted octanol–water partition coefficient (Wildman–Crippen LogP) is 3.31. The summed E-state index contributed by atoms with van der Waals surface area (Å²) in [5.74, 6) is 0.548. The molecule has 0 spiro atoms. The van der Waals surface area contributed by atoms with E-state index in [1.165, 1.54) is 31.4 Å². The predicted molar refractivity (Wildman–Crippen MR) is 44.9 cm³/mol. The first-order valence-electron chi connectivity index (χ1n) is 3.41. The Morgan fingerprint density at radius 2 is 1.69 bits per heavy atom. The maximum atomic E-state index is 11.9. The second-order valence-electron chi connectivity index (χ2n) is 2.22. The van der Waals surface area contributed by atoms with E-state index in [9.17, 15) is 13.2 Å². The smallest absolute Gasteiger partial charge is 0.446 e. The van der Waals surface area contributed by atoms with Gasteiger partial charge in [0, 0.05) is 4.90 Å². The van der Waals surface area contributed by atoms with Crippen LogP contribution in [0.2, 0.25) is 0 Å². The van der Waals surface area contributed by atoms with Gasteiger partial charge in [-0.15, -0.1) is 0 Å². The van der Waals surface area contributed by atoms with Crippen molar-refractivity contribution < 1.29 is 17.9 Å². The number of thioether (sulfide) groups is 1. The van der Waals surface area contributed by atoms with E-state index in [0.29, 0.717) is 5.75 Å². The van der Waals surface area contributed by atoms with Crippen molar-refractivity contribution >= 4 is 11.8 Å². The van der Waals surface area contributed by atoms with Crippen molar-refractivity contribution in [1.29, 1.82) is 0 Å². The number of alkyl halides is 3. The van der Waals surface area contributed by atoms with Crippen LogP contribution in [-0.4, -0.2) is 12.6 Å². The number of benzene rings is 1. The van der Waals surface area contributed by atoms with Gasteiger partial charge in [-0.2, -0.15) is 13.2 Å². The molecular weight excluding hydrogens is 200 g/mol. The van der Waals surface area contributed by atoms with E-state index >= 15 is 0 Å². The average molecular weight is 207 g/mol. The average Bonchev–Trinajstić information content (AvgIpc) is 2.03. The third-order valence-corrected chi connectivity index (χ3v) is 2.03. The van der Waals surface area contributed by atoms with Crippen LogP contribution in [-0.2, 0) is 0 Å². The SMILES string of the molecule is COc1ccc(SC(F)(F)[18F])cc1. The monoisotopic (exact) mass is 207 g/mol. The van der Waals surface area contributed by atoms with Crippen LogP contribution < -0.4 is 4.74 Å². The molecule has 0 radical (unpaired) electrons. The molecule has 72 valence electrons. The lowest BCUT2D eigenvalue weighted by Gasteiger charge is -2.05. The van der Waals surface area contributed by atoms with E-state index in [-0.39, 0.29) is 16.7 Å². The molecule has 13 heavy (non-hydrogen) atoms. The Labute approximate surface area is 77.9 Å². The summed E-state index contributed by atoms with van der Waals surface area (Å²) >= 11 is -0.136. The fourth-order valence-electron chi connectivity index (χ4n) is 0.777. The van der Waals surface area contributed by atoms with Gasteiger partial charge < -0.3 is 4.74 Å². The molecule has 0 saturated carbocycles. The van der Waals surface area contributed by atoms with Gasteiger partial charge in [0.1, 0.15) is 5.75 Å². The molecular formula is C8H7F3OS. The van der Waals surface area contributed by atoms with E-state index in [0.717, 1.165) is 0 Å². The van der Waals surface area contributed by atoms with E-state index in [1.807, 2.05) is 0 Å². The fraction of sp³-hybridized carbons (Fsp3) is 0.250. The minimum Gasteiger partial charge on any atom is -0.497 e. The van der Waals surface area contributed by atoms with Gasteiger partial charge in [0.05, 0.1) is 7.11 Å². The molecule has 0 aliphatic carbocycles. The summed E-state index contributed by atoms with van der Waals surface area (Å²) in [6.45, 7) is 0. The Morgan fingerprint density at radius 1 is 1.15 bits per heavy atom. The van der Waals surface area contributed by atoms with Gasteiger partial charge in [-0.05, 0) is 36.0 Å². The maximum absolute atomic E-state index is 11.9. The third kappa shape index (κ3) is 3.59. The highest BCUT2D eigenvalue weighted by molar-refractivity contribution is 8.00. The summed E-state index contributed by atoms with van der Waals surface area (Å²) in [6.07, 6.45) is 0. The molecule has 1 aromatic carbocycles. The van der Waals surface area contributed by atoms with E-state index in [2.05, 4.69) is 0 Å². The summed E-state index contributed by atoms with van der Waals surface area (Å²) in [5.41, 5.74) is -4.23. The molecule has 1 aromatic rings. The van der Waals surface area contributed by atoms with Gasteiger partial charge in [0.15, 0.2) is 0 Å². The van der Waals surface area contributed by atoms with Gasteiger partial charge in [-0.25, -0.2) is 0 Å². The molecule has 0 heterocycles. The van der Waals surface area contributed by atoms with Crippen LogP contribution in [0.15, 0.2) is 29.2 Å². The van der Waals surface area contributed by atoms with Gasteiger partial charge in [0.2, 0.25) is 0 Å². The van der Waals surface area contributed by atoms with E-state index < -0.39 is 5.51 Å². The second kappa shape index (κ2) is 3.91. The van der Waals surface area contributed by atoms with Crippen molar-refractivity contribution in [3.8, 4) is 5.75 Å². The molecule has 0 aliphatic rings. The van der Waals surface area contributed by atoms with Crippen molar-refractivity contribution in [3.63, 3.8) is 0 Å². The molecule has 0 N–H and O–H groups in total. The number of rotatable bonds is 2.